The lowest BCUT2D eigenvalue weighted by atomic mass is 10.1. The SMILES string of the molecule is O=C([O-])C1=C(/C=C/C[n+]2ccc(-c3nc(-c4nn[nH]n4)cs3)cc2)CS[C@@H]2CC(=O)N12. The monoisotopic (exact) mass is 453 g/mol. The molecule has 1 N–H and O–H groups in total. The number of H-pyrrole nitrogens is 1. The summed E-state index contributed by atoms with van der Waals surface area (Å²) in [6.45, 7) is 0.554. The van der Waals surface area contributed by atoms with Gasteiger partial charge in [0.05, 0.1) is 23.5 Å². The molecule has 0 bridgehead atoms. The van der Waals surface area contributed by atoms with E-state index in [-0.39, 0.29) is 17.0 Å². The van der Waals surface area contributed by atoms with E-state index >= 15 is 0 Å². The van der Waals surface area contributed by atoms with Crippen LogP contribution in [0.3, 0.4) is 0 Å². The van der Waals surface area contributed by atoms with Gasteiger partial charge in [0.1, 0.15) is 10.7 Å². The Hall–Kier alpha value is -3.38. The lowest BCUT2D eigenvalue weighted by Gasteiger charge is -2.45. The maximum absolute atomic E-state index is 11.8. The van der Waals surface area contributed by atoms with Gasteiger partial charge < -0.3 is 9.90 Å². The molecule has 1 amide bonds. The normalized spacial score (nSPS) is 18.4. The van der Waals surface area contributed by atoms with Gasteiger partial charge in [0, 0.05) is 28.8 Å². The minimum absolute atomic E-state index is 0.00206. The molecule has 31 heavy (non-hydrogen) atoms. The fraction of sp³-hybridized carbons (Fsp3) is 0.211. The Kier molecular flexibility index (Phi) is 5.08. The van der Waals surface area contributed by atoms with Gasteiger partial charge in [0.25, 0.3) is 0 Å². The molecule has 3 aromatic heterocycles. The van der Waals surface area contributed by atoms with Crippen molar-refractivity contribution in [3.05, 3.63) is 53.3 Å². The molecular weight excluding hydrogens is 438 g/mol. The van der Waals surface area contributed by atoms with Crippen molar-refractivity contribution in [3.8, 4) is 22.1 Å². The second-order valence-electron chi connectivity index (χ2n) is 6.85. The summed E-state index contributed by atoms with van der Waals surface area (Å²) in [6.07, 6.45) is 7.87. The quantitative estimate of drug-likeness (QED) is 0.412. The molecule has 2 aliphatic heterocycles. The van der Waals surface area contributed by atoms with Crippen LogP contribution < -0.4 is 9.67 Å². The minimum atomic E-state index is -1.31. The number of nitrogens with one attached hydrogen (secondary N) is 1. The van der Waals surface area contributed by atoms with E-state index in [0.717, 1.165) is 10.6 Å². The number of amides is 1. The van der Waals surface area contributed by atoms with Gasteiger partial charge in [-0.25, -0.2) is 9.55 Å². The fourth-order valence-electron chi connectivity index (χ4n) is 3.37. The van der Waals surface area contributed by atoms with E-state index in [0.29, 0.717) is 35.8 Å². The van der Waals surface area contributed by atoms with Gasteiger partial charge in [-0.2, -0.15) is 5.21 Å². The lowest BCUT2D eigenvalue weighted by molar-refractivity contribution is -0.686. The summed E-state index contributed by atoms with van der Waals surface area (Å²) in [6, 6.07) is 3.91. The highest BCUT2D eigenvalue weighted by Gasteiger charge is 2.42. The summed E-state index contributed by atoms with van der Waals surface area (Å²) in [7, 11) is 0. The number of aliphatic carboxylic acids is 1. The number of fused-ring (bicyclic) bond motifs is 1. The summed E-state index contributed by atoms with van der Waals surface area (Å²) in [5, 5.41) is 28.0. The van der Waals surface area contributed by atoms with Crippen molar-refractivity contribution in [2.45, 2.75) is 18.3 Å². The number of aromatic nitrogens is 6. The third kappa shape index (κ3) is 3.75. The highest BCUT2D eigenvalue weighted by molar-refractivity contribution is 8.00. The number of carboxylic acid groups (broad SMARTS) is 1. The number of carbonyl (C=O) groups is 2. The van der Waals surface area contributed by atoms with Crippen LogP contribution in [0, 0.1) is 0 Å². The Morgan fingerprint density at radius 3 is 2.94 bits per heavy atom. The number of nitrogens with zero attached hydrogens (tertiary/aromatic N) is 6. The number of carbonyl (C=O) groups excluding carboxylic acids is 2. The molecule has 0 unspecified atom stereocenters. The summed E-state index contributed by atoms with van der Waals surface area (Å²) in [5.74, 6) is -0.475. The molecule has 2 aliphatic rings. The van der Waals surface area contributed by atoms with Crippen LogP contribution in [0.5, 0.6) is 0 Å². The van der Waals surface area contributed by atoms with Crippen molar-refractivity contribution in [2.75, 3.05) is 5.75 Å². The molecule has 0 aromatic carbocycles. The topological polar surface area (TPSA) is 132 Å². The predicted molar refractivity (Wildman–Crippen MR) is 110 cm³/mol. The number of hydrogen-bond donors (Lipinski definition) is 1. The zero-order chi connectivity index (χ0) is 21.4. The van der Waals surface area contributed by atoms with Gasteiger partial charge in [-0.05, 0) is 16.9 Å². The fourth-order valence-corrected chi connectivity index (χ4v) is 5.41. The van der Waals surface area contributed by atoms with Crippen LogP contribution in [-0.4, -0.2) is 53.5 Å². The predicted octanol–water partition coefficient (Wildman–Crippen LogP) is 0.143. The Morgan fingerprint density at radius 1 is 1.39 bits per heavy atom. The molecule has 156 valence electrons. The summed E-state index contributed by atoms with van der Waals surface area (Å²) >= 11 is 3.06. The van der Waals surface area contributed by atoms with E-state index < -0.39 is 5.97 Å². The number of allylic oxidation sites excluding steroid dienone is 2. The van der Waals surface area contributed by atoms with Gasteiger partial charge in [0.2, 0.25) is 11.7 Å². The molecule has 0 aliphatic carbocycles. The van der Waals surface area contributed by atoms with E-state index in [1.165, 1.54) is 16.2 Å². The standard InChI is InChI=1S/C19H15N7O3S2/c27-14-8-15-26(14)16(19(28)29)12(9-30-15)2-1-5-25-6-3-11(4-7-25)18-20-13(10-31-18)17-21-23-24-22-17/h1-4,6-7,10,15H,5,8-9H2,(H-,21,22,23,24,28,29)/b2-1+/t15-/m1/s1. The maximum atomic E-state index is 11.8. The van der Waals surface area contributed by atoms with Crippen molar-refractivity contribution in [1.29, 1.82) is 0 Å². The van der Waals surface area contributed by atoms with E-state index in [1.807, 2.05) is 40.5 Å². The molecule has 0 radical (unpaired) electrons. The first kappa shape index (κ1) is 19.6. The van der Waals surface area contributed by atoms with Crippen molar-refractivity contribution in [1.82, 2.24) is 30.5 Å². The molecule has 1 fully saturated rings. The number of thiazole rings is 1. The van der Waals surface area contributed by atoms with Crippen LogP contribution in [0.1, 0.15) is 6.42 Å². The molecular formula is C19H15N7O3S2. The van der Waals surface area contributed by atoms with Gasteiger partial charge in [-0.3, -0.25) is 9.69 Å². The smallest absolute Gasteiger partial charge is 0.231 e. The van der Waals surface area contributed by atoms with Gasteiger partial charge in [-0.1, -0.05) is 6.08 Å². The number of hydrogen-bond acceptors (Lipinski definition) is 9. The van der Waals surface area contributed by atoms with Crippen molar-refractivity contribution in [2.24, 2.45) is 0 Å². The first-order valence-corrected chi connectivity index (χ1v) is 11.3. The number of tetrazole rings is 1. The van der Waals surface area contributed by atoms with Crippen LogP contribution in [0.2, 0.25) is 0 Å². The summed E-state index contributed by atoms with van der Waals surface area (Å²) < 4.78 is 1.96. The van der Waals surface area contributed by atoms with Crippen LogP contribution in [0.15, 0.2) is 53.3 Å². The van der Waals surface area contributed by atoms with E-state index in [2.05, 4.69) is 25.6 Å². The average molecular weight is 454 g/mol. The number of β-lactam (4-membered cyclic amide) rings is 1. The third-order valence-corrected chi connectivity index (χ3v) is 7.06. The van der Waals surface area contributed by atoms with Crippen LogP contribution >= 0.6 is 23.1 Å². The van der Waals surface area contributed by atoms with E-state index in [4.69, 9.17) is 0 Å². The highest BCUT2D eigenvalue weighted by atomic mass is 32.2. The van der Waals surface area contributed by atoms with Crippen LogP contribution in [0.4, 0.5) is 0 Å². The molecule has 5 rings (SSSR count). The van der Waals surface area contributed by atoms with Gasteiger partial charge >= 0.3 is 0 Å². The average Bonchev–Trinajstić information content (AvgIpc) is 3.46. The second-order valence-corrected chi connectivity index (χ2v) is 8.88. The summed E-state index contributed by atoms with van der Waals surface area (Å²) in [5.41, 5.74) is 2.23. The summed E-state index contributed by atoms with van der Waals surface area (Å²) in [4.78, 5) is 29.2. The third-order valence-electron chi connectivity index (χ3n) is 4.93. The van der Waals surface area contributed by atoms with Crippen LogP contribution in [-0.2, 0) is 16.1 Å². The number of aromatic amines is 1. The number of thioether (sulfide) groups is 1. The largest absolute Gasteiger partial charge is 0.543 e. The van der Waals surface area contributed by atoms with Gasteiger partial charge in [0.15, 0.2) is 18.9 Å². The molecule has 1 atom stereocenters. The molecule has 12 heteroatoms. The zero-order valence-electron chi connectivity index (χ0n) is 16.0. The Balaban J connectivity index is 1.28. The molecule has 0 spiro atoms. The Morgan fingerprint density at radius 2 is 2.23 bits per heavy atom. The van der Waals surface area contributed by atoms with E-state index in [1.54, 1.807) is 17.8 Å². The zero-order valence-corrected chi connectivity index (χ0v) is 17.6. The molecule has 1 saturated heterocycles. The van der Waals surface area contributed by atoms with E-state index in [9.17, 15) is 14.7 Å². The molecule has 10 nitrogen and oxygen atoms in total. The molecule has 0 saturated carbocycles. The van der Waals surface area contributed by atoms with Crippen LogP contribution in [0.25, 0.3) is 22.1 Å². The van der Waals surface area contributed by atoms with Crippen molar-refractivity contribution < 1.29 is 19.3 Å². The maximum Gasteiger partial charge on any atom is 0.231 e. The molecule has 5 heterocycles. The first-order valence-electron chi connectivity index (χ1n) is 9.33. The van der Waals surface area contributed by atoms with Gasteiger partial charge in [-0.15, -0.1) is 33.3 Å². The second kappa shape index (κ2) is 8.04. The minimum Gasteiger partial charge on any atom is -0.543 e. The Labute approximate surface area is 184 Å². The number of pyridine rings is 1. The first-order chi connectivity index (χ1) is 15.1. The highest BCUT2D eigenvalue weighted by Crippen LogP contribution is 2.39. The van der Waals surface area contributed by atoms with Crippen molar-refractivity contribution in [3.63, 3.8) is 0 Å². The lowest BCUT2D eigenvalue weighted by Crippen LogP contribution is -2.55. The van der Waals surface area contributed by atoms with Crippen molar-refractivity contribution >= 4 is 35.0 Å². The molecule has 3 aromatic rings. The Bertz CT molecular complexity index is 1200. The number of carboxylic acids is 1. The number of rotatable bonds is 6.